The first-order chi connectivity index (χ1) is 19.7. The van der Waals surface area contributed by atoms with Crippen LogP contribution >= 0.6 is 0 Å². The van der Waals surface area contributed by atoms with Gasteiger partial charge in [0.25, 0.3) is 5.91 Å². The van der Waals surface area contributed by atoms with E-state index in [0.29, 0.717) is 6.07 Å². The van der Waals surface area contributed by atoms with Crippen LogP contribution in [0.2, 0.25) is 0 Å². The summed E-state index contributed by atoms with van der Waals surface area (Å²) >= 11 is 0. The predicted octanol–water partition coefficient (Wildman–Crippen LogP) is 4.25. The van der Waals surface area contributed by atoms with Gasteiger partial charge >= 0.3 is 6.18 Å². The molecule has 5 rings (SSSR count). The number of rotatable bonds is 5. The van der Waals surface area contributed by atoms with Crippen molar-refractivity contribution in [3.05, 3.63) is 41.5 Å². The van der Waals surface area contributed by atoms with Crippen molar-refractivity contribution in [1.29, 1.82) is 0 Å². The van der Waals surface area contributed by atoms with Gasteiger partial charge in [0.1, 0.15) is 18.0 Å². The number of anilines is 1. The zero-order valence-corrected chi connectivity index (χ0v) is 22.0. The number of nitrogen functional groups attached to an aromatic ring is 1. The van der Waals surface area contributed by atoms with Gasteiger partial charge in [-0.1, -0.05) is 0 Å². The van der Waals surface area contributed by atoms with E-state index in [-0.39, 0.29) is 37.2 Å². The molecule has 226 valence electrons. The molecule has 1 saturated carbocycles. The van der Waals surface area contributed by atoms with E-state index in [1.54, 1.807) is 0 Å². The van der Waals surface area contributed by atoms with Gasteiger partial charge < -0.3 is 20.7 Å². The highest BCUT2D eigenvalue weighted by Crippen LogP contribution is 2.40. The Morgan fingerprint density at radius 3 is 2.48 bits per heavy atom. The van der Waals surface area contributed by atoms with E-state index < -0.39 is 88.9 Å². The van der Waals surface area contributed by atoms with Crippen LogP contribution in [-0.4, -0.2) is 69.6 Å². The molecule has 1 aliphatic carbocycles. The minimum absolute atomic E-state index is 0.0410. The molecule has 0 radical (unpaired) electrons. The summed E-state index contributed by atoms with van der Waals surface area (Å²) in [5.41, 5.74) is 3.00. The Labute approximate surface area is 233 Å². The minimum atomic E-state index is -4.87. The monoisotopic (exact) mass is 602 g/mol. The van der Waals surface area contributed by atoms with Gasteiger partial charge in [0.15, 0.2) is 17.4 Å². The normalized spacial score (nSPS) is 21.1. The van der Waals surface area contributed by atoms with E-state index in [1.165, 1.54) is 0 Å². The SMILES string of the molecule is COc1c(F)cc(-c2cc(C(F)(F)F)c3c(N)ncnn23)cc1C(=O)N[C@@H]1CN(C(=O)C2CCC(F)(F)CC2)C[C@@H]1F. The van der Waals surface area contributed by atoms with Crippen molar-refractivity contribution in [3.63, 3.8) is 0 Å². The molecule has 16 heteroatoms. The van der Waals surface area contributed by atoms with Crippen LogP contribution in [0.4, 0.5) is 36.6 Å². The maximum absolute atomic E-state index is 15.1. The number of benzene rings is 1. The van der Waals surface area contributed by atoms with Crippen LogP contribution in [0.3, 0.4) is 0 Å². The second kappa shape index (κ2) is 10.6. The smallest absolute Gasteiger partial charge is 0.418 e. The van der Waals surface area contributed by atoms with Crippen molar-refractivity contribution >= 4 is 23.1 Å². The van der Waals surface area contributed by atoms with Crippen LogP contribution in [-0.2, 0) is 11.0 Å². The third kappa shape index (κ3) is 5.41. The number of fused-ring (bicyclic) bond motifs is 1. The number of halogens is 7. The summed E-state index contributed by atoms with van der Waals surface area (Å²) < 4.78 is 104. The third-order valence-electron chi connectivity index (χ3n) is 7.62. The molecule has 0 spiro atoms. The van der Waals surface area contributed by atoms with Crippen LogP contribution in [0.1, 0.15) is 41.6 Å². The summed E-state index contributed by atoms with van der Waals surface area (Å²) in [5.74, 6) is -7.16. The largest absolute Gasteiger partial charge is 0.493 e. The maximum Gasteiger partial charge on any atom is 0.418 e. The lowest BCUT2D eigenvalue weighted by Crippen LogP contribution is -2.43. The number of likely N-dealkylation sites (tertiary alicyclic amines) is 1. The molecule has 3 aromatic rings. The lowest BCUT2D eigenvalue weighted by atomic mass is 9.86. The molecule has 2 aromatic heterocycles. The number of carbonyl (C=O) groups is 2. The molecule has 2 aliphatic rings. The van der Waals surface area contributed by atoms with Gasteiger partial charge in [0, 0.05) is 30.9 Å². The first-order valence-corrected chi connectivity index (χ1v) is 12.9. The Morgan fingerprint density at radius 1 is 1.14 bits per heavy atom. The molecular weight excluding hydrogens is 577 g/mol. The van der Waals surface area contributed by atoms with Gasteiger partial charge in [-0.2, -0.15) is 18.3 Å². The highest BCUT2D eigenvalue weighted by molar-refractivity contribution is 5.99. The summed E-state index contributed by atoms with van der Waals surface area (Å²) in [6.07, 6.45) is -6.65. The number of methoxy groups -OCH3 is 1. The van der Waals surface area contributed by atoms with Crippen molar-refractivity contribution in [3.8, 4) is 17.0 Å². The van der Waals surface area contributed by atoms with E-state index in [4.69, 9.17) is 10.5 Å². The molecular formula is C26H25F7N6O3. The molecule has 42 heavy (non-hydrogen) atoms. The van der Waals surface area contributed by atoms with Gasteiger partial charge in [0.2, 0.25) is 11.8 Å². The molecule has 0 unspecified atom stereocenters. The summed E-state index contributed by atoms with van der Waals surface area (Å²) in [7, 11) is 1.07. The van der Waals surface area contributed by atoms with Crippen LogP contribution in [0.5, 0.6) is 5.75 Å². The van der Waals surface area contributed by atoms with Crippen LogP contribution in [0.15, 0.2) is 24.5 Å². The van der Waals surface area contributed by atoms with Crippen molar-refractivity contribution in [2.24, 2.45) is 5.92 Å². The van der Waals surface area contributed by atoms with Crippen LogP contribution < -0.4 is 15.8 Å². The second-order valence-corrected chi connectivity index (χ2v) is 10.4. The Kier molecular flexibility index (Phi) is 7.43. The Hall–Kier alpha value is -4.11. The van der Waals surface area contributed by atoms with Crippen molar-refractivity contribution in [1.82, 2.24) is 24.8 Å². The number of amides is 2. The lowest BCUT2D eigenvalue weighted by Gasteiger charge is -2.30. The molecule has 1 aromatic carbocycles. The molecule has 9 nitrogen and oxygen atoms in total. The number of nitrogens with two attached hydrogens (primary N) is 1. The van der Waals surface area contributed by atoms with E-state index in [9.17, 15) is 35.9 Å². The van der Waals surface area contributed by atoms with Crippen molar-refractivity contribution in [2.45, 2.75) is 50.0 Å². The number of carbonyl (C=O) groups excluding carboxylic acids is 2. The maximum atomic E-state index is 15.1. The van der Waals surface area contributed by atoms with Gasteiger partial charge in [-0.15, -0.1) is 0 Å². The first kappa shape index (κ1) is 29.4. The molecule has 1 saturated heterocycles. The number of alkyl halides is 6. The molecule has 3 heterocycles. The average molecular weight is 603 g/mol. The van der Waals surface area contributed by atoms with E-state index >= 15 is 4.39 Å². The van der Waals surface area contributed by atoms with Gasteiger partial charge in [0.05, 0.1) is 36.5 Å². The average Bonchev–Trinajstić information content (AvgIpc) is 3.49. The second-order valence-electron chi connectivity index (χ2n) is 10.4. The fourth-order valence-corrected chi connectivity index (χ4v) is 5.48. The van der Waals surface area contributed by atoms with Crippen LogP contribution in [0, 0.1) is 11.7 Å². The summed E-state index contributed by atoms with van der Waals surface area (Å²) in [6, 6.07) is 1.37. The van der Waals surface area contributed by atoms with Gasteiger partial charge in [-0.3, -0.25) is 9.59 Å². The van der Waals surface area contributed by atoms with Gasteiger partial charge in [-0.05, 0) is 31.0 Å². The third-order valence-corrected chi connectivity index (χ3v) is 7.62. The topological polar surface area (TPSA) is 115 Å². The zero-order valence-electron chi connectivity index (χ0n) is 22.0. The highest BCUT2D eigenvalue weighted by Gasteiger charge is 2.43. The summed E-state index contributed by atoms with van der Waals surface area (Å²) in [6.45, 7) is -0.628. The van der Waals surface area contributed by atoms with E-state index in [2.05, 4.69) is 15.4 Å². The molecule has 0 bridgehead atoms. The van der Waals surface area contributed by atoms with Gasteiger partial charge in [-0.25, -0.2) is 27.1 Å². The molecule has 2 fully saturated rings. The van der Waals surface area contributed by atoms with Crippen LogP contribution in [0.25, 0.3) is 16.8 Å². The predicted molar refractivity (Wildman–Crippen MR) is 134 cm³/mol. The number of nitrogens with one attached hydrogen (secondary N) is 1. The van der Waals surface area contributed by atoms with E-state index in [0.717, 1.165) is 35.0 Å². The minimum Gasteiger partial charge on any atom is -0.493 e. The zero-order chi connectivity index (χ0) is 30.6. The lowest BCUT2D eigenvalue weighted by molar-refractivity contribution is -0.139. The number of nitrogens with zero attached hydrogens (tertiary/aromatic N) is 4. The number of hydrogen-bond acceptors (Lipinski definition) is 6. The van der Waals surface area contributed by atoms with Crippen molar-refractivity contribution < 1.29 is 45.1 Å². The first-order valence-electron chi connectivity index (χ1n) is 12.9. The molecule has 1 aliphatic heterocycles. The molecule has 3 N–H and O–H groups in total. The number of hydrogen-bond donors (Lipinski definition) is 2. The summed E-state index contributed by atoms with van der Waals surface area (Å²) in [4.78, 5) is 30.8. The Morgan fingerprint density at radius 2 is 1.83 bits per heavy atom. The Balaban J connectivity index is 1.41. The fraction of sp³-hybridized carbons (Fsp3) is 0.462. The molecule has 2 atom stereocenters. The quantitative estimate of drug-likeness (QED) is 0.423. The standard InChI is InChI=1S/C26H25F7N6O3/c1-42-21-14(23(40)37-18-10-38(9-17(18)28)24(41)12-2-4-25(29,30)5-3-12)6-13(7-16(21)27)19-8-15(26(31,32)33)20-22(34)35-11-36-39(19)20/h6-8,11-12,17-18H,2-5,9-10H2,1H3,(H,37,40)(H2,34,35,36)/t17-,18+/m0/s1. The number of aromatic nitrogens is 3. The molecule has 2 amide bonds. The summed E-state index contributed by atoms with van der Waals surface area (Å²) in [5, 5.41) is 6.20. The van der Waals surface area contributed by atoms with Crippen molar-refractivity contribution in [2.75, 3.05) is 25.9 Å². The Bertz CT molecular complexity index is 1530. The fourth-order valence-electron chi connectivity index (χ4n) is 5.48. The van der Waals surface area contributed by atoms with E-state index in [1.807, 2.05) is 0 Å². The number of ether oxygens (including phenoxy) is 1. The highest BCUT2D eigenvalue weighted by atomic mass is 19.4.